The number of H-pyrrole nitrogens is 1. The molecule has 0 spiro atoms. The lowest BCUT2D eigenvalue weighted by Gasteiger charge is -2.18. The number of alkyl halides is 5. The highest BCUT2D eigenvalue weighted by Crippen LogP contribution is 2.42. The van der Waals surface area contributed by atoms with Crippen molar-refractivity contribution in [3.63, 3.8) is 0 Å². The van der Waals surface area contributed by atoms with Crippen LogP contribution in [0.2, 0.25) is 0 Å². The summed E-state index contributed by atoms with van der Waals surface area (Å²) in [6.45, 7) is 19.9. The molecule has 6 nitrogen and oxygen atoms in total. The third-order valence-electron chi connectivity index (χ3n) is 8.08. The predicted octanol–water partition coefficient (Wildman–Crippen LogP) is 10.2. The molecule has 2 aromatic heterocycles. The van der Waals surface area contributed by atoms with Crippen LogP contribution in [0.3, 0.4) is 0 Å². The van der Waals surface area contributed by atoms with E-state index in [9.17, 15) is 26.7 Å². The van der Waals surface area contributed by atoms with Crippen molar-refractivity contribution in [3.8, 4) is 0 Å². The van der Waals surface area contributed by atoms with Crippen LogP contribution in [-0.2, 0) is 23.0 Å². The number of nitrogens with one attached hydrogen (secondary N) is 1. The van der Waals surface area contributed by atoms with Gasteiger partial charge >= 0.3 is 6.18 Å². The maximum atomic E-state index is 12.9. The van der Waals surface area contributed by atoms with Gasteiger partial charge in [-0.2, -0.15) is 39.7 Å². The van der Waals surface area contributed by atoms with Crippen LogP contribution in [0.5, 0.6) is 0 Å². The Bertz CT molecular complexity index is 1180. The van der Waals surface area contributed by atoms with Crippen molar-refractivity contribution in [1.29, 1.82) is 0 Å². The van der Waals surface area contributed by atoms with E-state index in [1.165, 1.54) is 60.3 Å². The number of nitrogens with zero attached hydrogens (tertiary/aromatic N) is 3. The number of rotatable bonds is 14. The summed E-state index contributed by atoms with van der Waals surface area (Å²) >= 11 is 4.28. The topological polar surface area (TPSA) is 71.1 Å². The summed E-state index contributed by atoms with van der Waals surface area (Å²) in [4.78, 5) is 17.5. The number of halogens is 5. The molecule has 3 rings (SSSR count). The van der Waals surface area contributed by atoms with E-state index < -0.39 is 23.0 Å². The highest BCUT2D eigenvalue weighted by atomic mass is 32.1. The molecule has 4 atom stereocenters. The lowest BCUT2D eigenvalue weighted by molar-refractivity contribution is -0.139. The molecule has 13 heteroatoms. The summed E-state index contributed by atoms with van der Waals surface area (Å²) in [7, 11) is 1.47. The number of ether oxygens (including phenoxy) is 1. The SMILES string of the molecule is CCC(C)C1CCc2c1n[nH]c(=O)c2C(F)(F)F.CCCCCN(CS)CCC.CCCOC(C)CC.Cc1ccc(C(F)(F)P)cn1. The lowest BCUT2D eigenvalue weighted by atomic mass is 9.90. The summed E-state index contributed by atoms with van der Waals surface area (Å²) in [6, 6.07) is 2.93. The molecule has 0 aliphatic heterocycles. The van der Waals surface area contributed by atoms with Gasteiger partial charge in [0.05, 0.1) is 11.8 Å². The fourth-order valence-electron chi connectivity index (χ4n) is 4.89. The zero-order valence-corrected chi connectivity index (χ0v) is 32.3. The van der Waals surface area contributed by atoms with Crippen molar-refractivity contribution in [2.75, 3.05) is 25.6 Å². The number of hydrogen-bond acceptors (Lipinski definition) is 6. The highest BCUT2D eigenvalue weighted by Gasteiger charge is 2.41. The Kier molecular flexibility index (Phi) is 23.7. The van der Waals surface area contributed by atoms with Gasteiger partial charge in [0.1, 0.15) is 5.56 Å². The second kappa shape index (κ2) is 24.5. The van der Waals surface area contributed by atoms with E-state index in [1.54, 1.807) is 13.0 Å². The number of fused-ring (bicyclic) bond motifs is 1. The first-order valence-corrected chi connectivity index (χ1v) is 18.5. The Morgan fingerprint density at radius 1 is 1.02 bits per heavy atom. The summed E-state index contributed by atoms with van der Waals surface area (Å²) in [6.07, 6.45) is 6.33. The molecule has 0 amide bonds. The van der Waals surface area contributed by atoms with E-state index in [0.717, 1.165) is 37.4 Å². The molecular weight excluding hydrogens is 666 g/mol. The van der Waals surface area contributed by atoms with Crippen molar-refractivity contribution in [2.24, 2.45) is 5.92 Å². The maximum absolute atomic E-state index is 12.9. The predicted molar refractivity (Wildman–Crippen MR) is 194 cm³/mol. The summed E-state index contributed by atoms with van der Waals surface area (Å²) in [5.74, 6) is 1.20. The molecule has 0 saturated heterocycles. The molecule has 0 fully saturated rings. The van der Waals surface area contributed by atoms with Gasteiger partial charge in [-0.1, -0.05) is 70.0 Å². The number of hydrogen-bond donors (Lipinski definition) is 2. The Morgan fingerprint density at radius 3 is 2.15 bits per heavy atom. The van der Waals surface area contributed by atoms with Crippen LogP contribution < -0.4 is 5.56 Å². The highest BCUT2D eigenvalue weighted by molar-refractivity contribution is 7.80. The number of unbranched alkanes of at least 4 members (excludes halogenated alkanes) is 2. The quantitative estimate of drug-likeness (QED) is 0.0667. The molecule has 1 aliphatic rings. The molecule has 48 heavy (non-hydrogen) atoms. The van der Waals surface area contributed by atoms with Crippen LogP contribution in [-0.4, -0.2) is 51.8 Å². The number of aryl methyl sites for hydroxylation is 1. The molecule has 0 aromatic carbocycles. The minimum atomic E-state index is -4.61. The maximum Gasteiger partial charge on any atom is 0.422 e. The zero-order chi connectivity index (χ0) is 36.9. The van der Waals surface area contributed by atoms with Gasteiger partial charge in [0.2, 0.25) is 0 Å². The van der Waals surface area contributed by atoms with E-state index in [0.29, 0.717) is 18.2 Å². The standard InChI is InChI=1S/C12H15F3N2O.C9H21NS.C7H8F2NP.C7H16O/c1-3-6(2)7-4-5-8-9(12(13,14)15)11(18)17-16-10(7)8;1-3-5-6-8-10(9-11)7-4-2;1-5-2-3-6(4-10-5)7(8,9)11;1-4-6-8-7(3)5-2/h6-7H,3-5H2,1-2H3,(H,17,18);11H,3-9H2,1-2H3;2-4H,11H2,1H3;7H,4-6H2,1-3H3. The first kappa shape index (κ1) is 46.4. The average molecular weight is 727 g/mol. The van der Waals surface area contributed by atoms with Gasteiger partial charge in [-0.15, -0.1) is 0 Å². The van der Waals surface area contributed by atoms with Crippen molar-refractivity contribution < 1.29 is 26.7 Å². The van der Waals surface area contributed by atoms with Crippen molar-refractivity contribution >= 4 is 21.9 Å². The van der Waals surface area contributed by atoms with Gasteiger partial charge in [0.25, 0.3) is 11.2 Å². The number of pyridine rings is 1. The largest absolute Gasteiger partial charge is 0.422 e. The third-order valence-corrected chi connectivity index (χ3v) is 8.82. The number of thiol groups is 1. The average Bonchev–Trinajstić information content (AvgIpc) is 3.46. The molecular formula is C35H60F5N4O2PS. The van der Waals surface area contributed by atoms with E-state index in [-0.39, 0.29) is 29.4 Å². The Labute approximate surface area is 293 Å². The fraction of sp³-hybridized carbons (Fsp3) is 0.743. The van der Waals surface area contributed by atoms with Gasteiger partial charge in [0.15, 0.2) is 0 Å². The van der Waals surface area contributed by atoms with Crippen LogP contribution in [0.1, 0.15) is 134 Å². The minimum absolute atomic E-state index is 0.0166. The van der Waals surface area contributed by atoms with E-state index in [1.807, 2.05) is 18.9 Å². The first-order valence-electron chi connectivity index (χ1n) is 17.2. The molecule has 278 valence electrons. The zero-order valence-electron chi connectivity index (χ0n) is 30.2. The Morgan fingerprint density at radius 2 is 1.69 bits per heavy atom. The van der Waals surface area contributed by atoms with Crippen LogP contribution >= 0.6 is 21.9 Å². The summed E-state index contributed by atoms with van der Waals surface area (Å²) in [5.41, 5.74) is -3.87. The second-order valence-electron chi connectivity index (χ2n) is 12.2. The monoisotopic (exact) mass is 726 g/mol. The van der Waals surface area contributed by atoms with Crippen molar-refractivity contribution in [3.05, 3.63) is 56.8 Å². The molecule has 0 saturated carbocycles. The normalized spacial score (nSPS) is 15.3. The van der Waals surface area contributed by atoms with Gasteiger partial charge in [0, 0.05) is 35.9 Å². The first-order chi connectivity index (χ1) is 22.5. The van der Waals surface area contributed by atoms with Gasteiger partial charge in [-0.3, -0.25) is 14.7 Å². The van der Waals surface area contributed by atoms with Crippen LogP contribution in [0.25, 0.3) is 0 Å². The molecule has 4 unspecified atom stereocenters. The van der Waals surface area contributed by atoms with Crippen LogP contribution in [0.4, 0.5) is 22.0 Å². The lowest BCUT2D eigenvalue weighted by Crippen LogP contribution is -2.26. The molecule has 2 aromatic rings. The Balaban J connectivity index is 0.000000647. The van der Waals surface area contributed by atoms with Crippen molar-refractivity contribution in [1.82, 2.24) is 20.1 Å². The minimum Gasteiger partial charge on any atom is -0.379 e. The smallest absolute Gasteiger partial charge is 0.379 e. The van der Waals surface area contributed by atoms with Gasteiger partial charge < -0.3 is 4.74 Å². The van der Waals surface area contributed by atoms with Crippen LogP contribution in [0.15, 0.2) is 23.1 Å². The van der Waals surface area contributed by atoms with Crippen LogP contribution in [0, 0.1) is 12.8 Å². The fourth-order valence-corrected chi connectivity index (χ4v) is 5.34. The van der Waals surface area contributed by atoms with E-state index in [4.69, 9.17) is 4.74 Å². The van der Waals surface area contributed by atoms with E-state index >= 15 is 0 Å². The number of aromatic amines is 1. The molecule has 1 aliphatic carbocycles. The van der Waals surface area contributed by atoms with Crippen molar-refractivity contribution in [2.45, 2.75) is 137 Å². The Hall–Kier alpha value is -1.62. The number of aromatic nitrogens is 3. The molecule has 2 heterocycles. The summed E-state index contributed by atoms with van der Waals surface area (Å²) in [5, 5.41) is 5.84. The summed E-state index contributed by atoms with van der Waals surface area (Å²) < 4.78 is 69.0. The van der Waals surface area contributed by atoms with Gasteiger partial charge in [-0.25, -0.2) is 5.10 Å². The molecule has 0 bridgehead atoms. The van der Waals surface area contributed by atoms with E-state index in [2.05, 4.69) is 62.2 Å². The molecule has 1 N–H and O–H groups in total. The second-order valence-corrected chi connectivity index (χ2v) is 13.2. The van der Waals surface area contributed by atoms with Gasteiger partial charge in [-0.05, 0) is 89.1 Å². The third kappa shape index (κ3) is 17.9. The molecule has 0 radical (unpaired) electrons.